The Balaban J connectivity index is 3.77. The van der Waals surface area contributed by atoms with E-state index in [0.29, 0.717) is 24.8 Å². The molecule has 0 aliphatic rings. The van der Waals surface area contributed by atoms with Crippen molar-refractivity contribution in [2.45, 2.75) is 33.3 Å². The fourth-order valence-electron chi connectivity index (χ4n) is 1.23. The highest BCUT2D eigenvalue weighted by molar-refractivity contribution is 5.45. The molecule has 0 fully saturated rings. The first kappa shape index (κ1) is 11.4. The van der Waals surface area contributed by atoms with Crippen molar-refractivity contribution >= 4 is 6.41 Å². The van der Waals surface area contributed by atoms with Gasteiger partial charge in [0.1, 0.15) is 0 Å². The number of aliphatic hydroxyl groups is 1. The van der Waals surface area contributed by atoms with Gasteiger partial charge in [-0.2, -0.15) is 0 Å². The fourth-order valence-corrected chi connectivity index (χ4v) is 1.23. The highest BCUT2D eigenvalue weighted by Gasteiger charge is 2.14. The molecule has 3 heteroatoms. The van der Waals surface area contributed by atoms with Gasteiger partial charge in [0, 0.05) is 6.54 Å². The van der Waals surface area contributed by atoms with Crippen LogP contribution in [0.3, 0.4) is 0 Å². The number of rotatable bonds is 6. The highest BCUT2D eigenvalue weighted by Crippen LogP contribution is 2.15. The van der Waals surface area contributed by atoms with Crippen LogP contribution in [0.2, 0.25) is 0 Å². The van der Waals surface area contributed by atoms with Gasteiger partial charge in [-0.05, 0) is 25.2 Å². The first-order chi connectivity index (χ1) is 5.57. The van der Waals surface area contributed by atoms with E-state index in [1.165, 1.54) is 0 Å². The third kappa shape index (κ3) is 5.13. The van der Waals surface area contributed by atoms with Crippen molar-refractivity contribution in [2.75, 3.05) is 6.54 Å². The second-order valence-corrected chi connectivity index (χ2v) is 3.61. The molecule has 72 valence electrons. The number of hydrogen-bond donors (Lipinski definition) is 2. The summed E-state index contributed by atoms with van der Waals surface area (Å²) in [6.45, 7) is 6.63. The molecule has 0 bridgehead atoms. The van der Waals surface area contributed by atoms with Crippen molar-refractivity contribution in [1.29, 1.82) is 0 Å². The number of hydrogen-bond acceptors (Lipinski definition) is 2. The standard InChI is InChI=1S/C9H19NO2/c1-7(2)9(4-8(3)12)5-10-6-11/h6-9,12H,4-5H2,1-3H3,(H,10,11)/t8?,9-/m1/s1. The van der Waals surface area contributed by atoms with Crippen molar-refractivity contribution in [3.63, 3.8) is 0 Å². The monoisotopic (exact) mass is 173 g/mol. The summed E-state index contributed by atoms with van der Waals surface area (Å²) in [5.41, 5.74) is 0. The molecule has 0 aromatic carbocycles. The van der Waals surface area contributed by atoms with Crippen LogP contribution in [0.25, 0.3) is 0 Å². The van der Waals surface area contributed by atoms with Crippen LogP contribution >= 0.6 is 0 Å². The fraction of sp³-hybridized carbons (Fsp3) is 0.889. The van der Waals surface area contributed by atoms with E-state index in [9.17, 15) is 4.79 Å². The van der Waals surface area contributed by atoms with Gasteiger partial charge in [-0.25, -0.2) is 0 Å². The first-order valence-corrected chi connectivity index (χ1v) is 4.43. The van der Waals surface area contributed by atoms with Gasteiger partial charge in [0.15, 0.2) is 0 Å². The molecule has 1 amide bonds. The van der Waals surface area contributed by atoms with Crippen molar-refractivity contribution in [3.8, 4) is 0 Å². The third-order valence-electron chi connectivity index (χ3n) is 2.05. The summed E-state index contributed by atoms with van der Waals surface area (Å²) in [5, 5.41) is 11.8. The van der Waals surface area contributed by atoms with Gasteiger partial charge >= 0.3 is 0 Å². The van der Waals surface area contributed by atoms with E-state index in [1.807, 2.05) is 0 Å². The minimum Gasteiger partial charge on any atom is -0.393 e. The van der Waals surface area contributed by atoms with Crippen LogP contribution in [0.4, 0.5) is 0 Å². The summed E-state index contributed by atoms with van der Waals surface area (Å²) in [7, 11) is 0. The van der Waals surface area contributed by atoms with Crippen LogP contribution in [0.1, 0.15) is 27.2 Å². The predicted octanol–water partition coefficient (Wildman–Crippen LogP) is 0.775. The van der Waals surface area contributed by atoms with E-state index in [4.69, 9.17) is 5.11 Å². The van der Waals surface area contributed by atoms with E-state index in [1.54, 1.807) is 6.92 Å². The maximum Gasteiger partial charge on any atom is 0.207 e. The second kappa shape index (κ2) is 6.00. The number of aliphatic hydroxyl groups excluding tert-OH is 1. The number of carbonyl (C=O) groups excluding carboxylic acids is 1. The lowest BCUT2D eigenvalue weighted by Gasteiger charge is -2.21. The molecular formula is C9H19NO2. The van der Waals surface area contributed by atoms with E-state index in [-0.39, 0.29) is 6.10 Å². The van der Waals surface area contributed by atoms with Gasteiger partial charge in [-0.3, -0.25) is 4.79 Å². The molecule has 2 N–H and O–H groups in total. The van der Waals surface area contributed by atoms with E-state index < -0.39 is 0 Å². The normalized spacial score (nSPS) is 15.8. The summed E-state index contributed by atoms with van der Waals surface area (Å²) in [4.78, 5) is 10.0. The third-order valence-corrected chi connectivity index (χ3v) is 2.05. The van der Waals surface area contributed by atoms with E-state index >= 15 is 0 Å². The zero-order valence-electron chi connectivity index (χ0n) is 8.08. The lowest BCUT2D eigenvalue weighted by atomic mass is 9.90. The lowest BCUT2D eigenvalue weighted by molar-refractivity contribution is -0.109. The lowest BCUT2D eigenvalue weighted by Crippen LogP contribution is -2.27. The maximum absolute atomic E-state index is 10.0. The van der Waals surface area contributed by atoms with Gasteiger partial charge in [0.25, 0.3) is 0 Å². The Kier molecular flexibility index (Phi) is 5.72. The Hall–Kier alpha value is -0.570. The zero-order valence-corrected chi connectivity index (χ0v) is 8.08. The SMILES string of the molecule is CC(O)C[C@H](CNC=O)C(C)C. The molecule has 2 atom stereocenters. The van der Waals surface area contributed by atoms with Crippen LogP contribution in [0.5, 0.6) is 0 Å². The van der Waals surface area contributed by atoms with E-state index in [2.05, 4.69) is 19.2 Å². The average Bonchev–Trinajstić information content (AvgIpc) is 1.96. The van der Waals surface area contributed by atoms with Crippen molar-refractivity contribution in [1.82, 2.24) is 5.32 Å². The molecule has 0 aromatic heterocycles. The van der Waals surface area contributed by atoms with Gasteiger partial charge in [-0.1, -0.05) is 13.8 Å². The number of nitrogens with one attached hydrogen (secondary N) is 1. The largest absolute Gasteiger partial charge is 0.393 e. The minimum absolute atomic E-state index is 0.286. The Morgan fingerprint density at radius 1 is 1.42 bits per heavy atom. The van der Waals surface area contributed by atoms with Crippen molar-refractivity contribution in [2.24, 2.45) is 11.8 Å². The van der Waals surface area contributed by atoms with Crippen LogP contribution < -0.4 is 5.32 Å². The van der Waals surface area contributed by atoms with Gasteiger partial charge in [0.05, 0.1) is 6.10 Å². The van der Waals surface area contributed by atoms with E-state index in [0.717, 1.165) is 6.42 Å². The van der Waals surface area contributed by atoms with Gasteiger partial charge in [-0.15, -0.1) is 0 Å². The minimum atomic E-state index is -0.286. The number of amides is 1. The molecule has 0 heterocycles. The molecule has 0 aromatic rings. The molecule has 0 spiro atoms. The molecule has 1 unspecified atom stereocenters. The molecule has 3 nitrogen and oxygen atoms in total. The molecule has 12 heavy (non-hydrogen) atoms. The van der Waals surface area contributed by atoms with Crippen molar-refractivity contribution < 1.29 is 9.90 Å². The molecule has 0 radical (unpaired) electrons. The second-order valence-electron chi connectivity index (χ2n) is 3.61. The predicted molar refractivity (Wildman–Crippen MR) is 48.7 cm³/mol. The zero-order chi connectivity index (χ0) is 9.56. The summed E-state index contributed by atoms with van der Waals surface area (Å²) in [6.07, 6.45) is 1.17. The average molecular weight is 173 g/mol. The van der Waals surface area contributed by atoms with Crippen LogP contribution in [0, 0.1) is 11.8 Å². The Morgan fingerprint density at radius 3 is 2.33 bits per heavy atom. The molecule has 0 aliphatic carbocycles. The summed E-state index contributed by atoms with van der Waals surface area (Å²) >= 11 is 0. The molecule has 0 saturated carbocycles. The summed E-state index contributed by atoms with van der Waals surface area (Å²) in [6, 6.07) is 0. The topological polar surface area (TPSA) is 49.3 Å². The van der Waals surface area contributed by atoms with Crippen LogP contribution in [0.15, 0.2) is 0 Å². The summed E-state index contributed by atoms with van der Waals surface area (Å²) < 4.78 is 0. The van der Waals surface area contributed by atoms with Gasteiger partial charge in [0.2, 0.25) is 6.41 Å². The van der Waals surface area contributed by atoms with Gasteiger partial charge < -0.3 is 10.4 Å². The maximum atomic E-state index is 10.0. The molecule has 0 rings (SSSR count). The Morgan fingerprint density at radius 2 is 2.00 bits per heavy atom. The molecule has 0 saturated heterocycles. The Labute approximate surface area is 74.2 Å². The smallest absolute Gasteiger partial charge is 0.207 e. The van der Waals surface area contributed by atoms with Crippen LogP contribution in [-0.2, 0) is 4.79 Å². The van der Waals surface area contributed by atoms with Crippen LogP contribution in [-0.4, -0.2) is 24.2 Å². The highest BCUT2D eigenvalue weighted by atomic mass is 16.3. The number of carbonyl (C=O) groups is 1. The molecule has 0 aliphatic heterocycles. The Bertz CT molecular complexity index is 124. The van der Waals surface area contributed by atoms with Crippen molar-refractivity contribution in [3.05, 3.63) is 0 Å². The summed E-state index contributed by atoms with van der Waals surface area (Å²) in [5.74, 6) is 0.863. The molecular weight excluding hydrogens is 154 g/mol. The first-order valence-electron chi connectivity index (χ1n) is 4.43. The quantitative estimate of drug-likeness (QED) is 0.583.